The summed E-state index contributed by atoms with van der Waals surface area (Å²) in [6.07, 6.45) is 0. The monoisotopic (exact) mass is 245 g/mol. The highest BCUT2D eigenvalue weighted by Gasteiger charge is 2.01. The minimum atomic E-state index is -0.0425. The molecule has 5 nitrogen and oxygen atoms in total. The van der Waals surface area contributed by atoms with Crippen LogP contribution in [0.1, 0.15) is 20.8 Å². The molecule has 0 aromatic carbocycles. The first-order valence-electron chi connectivity index (χ1n) is 6.32. The highest BCUT2D eigenvalue weighted by molar-refractivity contribution is 5.77. The molecule has 0 radical (unpaired) electrons. The third-order valence-corrected chi connectivity index (χ3v) is 2.39. The lowest BCUT2D eigenvalue weighted by molar-refractivity contribution is -0.125. The third-order valence-electron chi connectivity index (χ3n) is 2.39. The van der Waals surface area contributed by atoms with Crippen LogP contribution in [0.15, 0.2) is 0 Å². The molecule has 0 atom stereocenters. The van der Waals surface area contributed by atoms with E-state index in [1.165, 1.54) is 0 Å². The first-order valence-corrected chi connectivity index (χ1v) is 6.32. The smallest absolute Gasteiger partial charge is 0.246 e. The van der Waals surface area contributed by atoms with E-state index >= 15 is 0 Å². The van der Waals surface area contributed by atoms with Gasteiger partial charge in [-0.3, -0.25) is 4.79 Å². The van der Waals surface area contributed by atoms with Crippen molar-refractivity contribution < 1.29 is 9.53 Å². The molecule has 0 aliphatic rings. The second-order valence-electron chi connectivity index (χ2n) is 4.41. The van der Waals surface area contributed by atoms with Crippen LogP contribution >= 0.6 is 0 Å². The van der Waals surface area contributed by atoms with Crippen molar-refractivity contribution in [1.29, 1.82) is 0 Å². The van der Waals surface area contributed by atoms with E-state index in [0.29, 0.717) is 19.2 Å². The molecule has 0 heterocycles. The van der Waals surface area contributed by atoms with Gasteiger partial charge in [0.2, 0.25) is 5.91 Å². The van der Waals surface area contributed by atoms with Crippen LogP contribution in [0, 0.1) is 0 Å². The van der Waals surface area contributed by atoms with E-state index < -0.39 is 0 Å². The van der Waals surface area contributed by atoms with Crippen molar-refractivity contribution in [3.05, 3.63) is 0 Å². The molecular formula is C12H27N3O2. The lowest BCUT2D eigenvalue weighted by Gasteiger charge is -2.14. The molecular weight excluding hydrogens is 218 g/mol. The molecule has 0 rings (SSSR count). The van der Waals surface area contributed by atoms with Crippen LogP contribution < -0.4 is 10.6 Å². The third kappa shape index (κ3) is 11.6. The zero-order chi connectivity index (χ0) is 13.1. The summed E-state index contributed by atoms with van der Waals surface area (Å²) in [7, 11) is 2.03. The van der Waals surface area contributed by atoms with E-state index in [4.69, 9.17) is 4.74 Å². The Hall–Kier alpha value is -0.650. The second kappa shape index (κ2) is 10.5. The van der Waals surface area contributed by atoms with Crippen molar-refractivity contribution in [1.82, 2.24) is 15.5 Å². The van der Waals surface area contributed by atoms with Gasteiger partial charge in [-0.25, -0.2) is 0 Å². The Morgan fingerprint density at radius 3 is 2.65 bits per heavy atom. The van der Waals surface area contributed by atoms with Gasteiger partial charge in [0.15, 0.2) is 0 Å². The van der Waals surface area contributed by atoms with Crippen molar-refractivity contribution in [2.45, 2.75) is 26.8 Å². The molecule has 0 saturated carbocycles. The molecule has 1 amide bonds. The maximum absolute atomic E-state index is 11.3. The van der Waals surface area contributed by atoms with Gasteiger partial charge in [0.05, 0.1) is 6.61 Å². The maximum Gasteiger partial charge on any atom is 0.246 e. The minimum Gasteiger partial charge on any atom is -0.370 e. The van der Waals surface area contributed by atoms with Crippen molar-refractivity contribution in [3.8, 4) is 0 Å². The molecule has 17 heavy (non-hydrogen) atoms. The topological polar surface area (TPSA) is 53.6 Å². The number of nitrogens with zero attached hydrogens (tertiary/aromatic N) is 1. The number of likely N-dealkylation sites (N-methyl/N-ethyl adjacent to an activating group) is 1. The number of hydrogen-bond donors (Lipinski definition) is 2. The summed E-state index contributed by atoms with van der Waals surface area (Å²) in [6, 6.07) is 0.456. The Bertz CT molecular complexity index is 198. The van der Waals surface area contributed by atoms with Gasteiger partial charge >= 0.3 is 0 Å². The van der Waals surface area contributed by atoms with E-state index in [0.717, 1.165) is 19.6 Å². The lowest BCUT2D eigenvalue weighted by Crippen LogP contribution is -2.35. The van der Waals surface area contributed by atoms with E-state index in [1.54, 1.807) is 0 Å². The van der Waals surface area contributed by atoms with E-state index in [2.05, 4.69) is 36.3 Å². The summed E-state index contributed by atoms with van der Waals surface area (Å²) >= 11 is 0. The van der Waals surface area contributed by atoms with Crippen LogP contribution in [0.3, 0.4) is 0 Å². The number of amides is 1. The van der Waals surface area contributed by atoms with Crippen LogP contribution in [0.25, 0.3) is 0 Å². The van der Waals surface area contributed by atoms with Crippen molar-refractivity contribution in [2.24, 2.45) is 0 Å². The van der Waals surface area contributed by atoms with E-state index in [1.807, 2.05) is 7.05 Å². The minimum absolute atomic E-state index is 0.0425. The van der Waals surface area contributed by atoms with Crippen LogP contribution in [0.5, 0.6) is 0 Å². The summed E-state index contributed by atoms with van der Waals surface area (Å²) in [5.74, 6) is -0.0425. The second-order valence-corrected chi connectivity index (χ2v) is 4.41. The summed E-state index contributed by atoms with van der Waals surface area (Å²) in [6.45, 7) is 10.3. The molecule has 0 aromatic heterocycles. The van der Waals surface area contributed by atoms with Gasteiger partial charge in [-0.2, -0.15) is 0 Å². The van der Waals surface area contributed by atoms with Crippen LogP contribution in [0.4, 0.5) is 0 Å². The number of hydrogen-bond acceptors (Lipinski definition) is 4. The number of nitrogens with one attached hydrogen (secondary N) is 2. The standard InChI is InChI=1S/C12H27N3O2/c1-5-15(4)8-6-14-12(16)10-17-9-7-13-11(2)3/h11,13H,5-10H2,1-4H3,(H,14,16). The predicted octanol–water partition coefficient (Wildman–Crippen LogP) is 0.0689. The molecule has 0 saturated heterocycles. The zero-order valence-electron chi connectivity index (χ0n) is 11.6. The van der Waals surface area contributed by atoms with Gasteiger partial charge in [-0.05, 0) is 13.6 Å². The zero-order valence-corrected chi connectivity index (χ0v) is 11.6. The van der Waals surface area contributed by atoms with Gasteiger partial charge < -0.3 is 20.3 Å². The molecule has 0 unspecified atom stereocenters. The Labute approximate surface area is 105 Å². The van der Waals surface area contributed by atoms with Crippen molar-refractivity contribution in [2.75, 3.05) is 46.4 Å². The Balaban J connectivity index is 3.29. The number of carbonyl (C=O) groups is 1. The van der Waals surface area contributed by atoms with Crippen LogP contribution in [-0.4, -0.2) is 63.3 Å². The van der Waals surface area contributed by atoms with Gasteiger partial charge in [-0.15, -0.1) is 0 Å². The molecule has 0 spiro atoms. The van der Waals surface area contributed by atoms with E-state index in [9.17, 15) is 4.79 Å². The van der Waals surface area contributed by atoms with Gasteiger partial charge in [-0.1, -0.05) is 20.8 Å². The normalized spacial score (nSPS) is 11.2. The number of rotatable bonds is 10. The first-order chi connectivity index (χ1) is 8.06. The quantitative estimate of drug-likeness (QED) is 0.535. The fraction of sp³-hybridized carbons (Fsp3) is 0.917. The average molecular weight is 245 g/mol. The molecule has 0 aliphatic heterocycles. The molecule has 0 aromatic rings. The summed E-state index contributed by atoms with van der Waals surface area (Å²) in [5, 5.41) is 6.04. The predicted molar refractivity (Wildman–Crippen MR) is 70.1 cm³/mol. The Morgan fingerprint density at radius 2 is 2.06 bits per heavy atom. The molecule has 102 valence electrons. The summed E-state index contributed by atoms with van der Waals surface area (Å²) < 4.78 is 5.24. The summed E-state index contributed by atoms with van der Waals surface area (Å²) in [4.78, 5) is 13.5. The van der Waals surface area contributed by atoms with Crippen LogP contribution in [-0.2, 0) is 9.53 Å². The fourth-order valence-electron chi connectivity index (χ4n) is 1.18. The summed E-state index contributed by atoms with van der Waals surface area (Å²) in [5.41, 5.74) is 0. The fourth-order valence-corrected chi connectivity index (χ4v) is 1.18. The first kappa shape index (κ1) is 16.4. The van der Waals surface area contributed by atoms with Crippen molar-refractivity contribution in [3.63, 3.8) is 0 Å². The largest absolute Gasteiger partial charge is 0.370 e. The lowest BCUT2D eigenvalue weighted by atomic mass is 10.4. The molecule has 0 aliphatic carbocycles. The number of ether oxygens (including phenoxy) is 1. The van der Waals surface area contributed by atoms with Gasteiger partial charge in [0, 0.05) is 25.7 Å². The highest BCUT2D eigenvalue weighted by atomic mass is 16.5. The molecule has 0 bridgehead atoms. The van der Waals surface area contributed by atoms with Crippen molar-refractivity contribution >= 4 is 5.91 Å². The maximum atomic E-state index is 11.3. The molecule has 2 N–H and O–H groups in total. The SMILES string of the molecule is CCN(C)CCNC(=O)COCCNC(C)C. The van der Waals surface area contributed by atoms with Gasteiger partial charge in [0.1, 0.15) is 6.61 Å². The molecule has 5 heteroatoms. The number of carbonyl (C=O) groups excluding carboxylic acids is 1. The molecule has 0 fully saturated rings. The van der Waals surface area contributed by atoms with Crippen LogP contribution in [0.2, 0.25) is 0 Å². The average Bonchev–Trinajstić information content (AvgIpc) is 2.27. The van der Waals surface area contributed by atoms with E-state index in [-0.39, 0.29) is 12.5 Å². The van der Waals surface area contributed by atoms with Gasteiger partial charge in [0.25, 0.3) is 0 Å². The highest BCUT2D eigenvalue weighted by Crippen LogP contribution is 1.80. The Kier molecular flexibility index (Phi) is 10.1. The Morgan fingerprint density at radius 1 is 1.35 bits per heavy atom.